The van der Waals surface area contributed by atoms with Crippen molar-refractivity contribution < 1.29 is 4.79 Å². The van der Waals surface area contributed by atoms with Crippen LogP contribution in [-0.2, 0) is 11.3 Å². The zero-order valence-corrected chi connectivity index (χ0v) is 13.8. The van der Waals surface area contributed by atoms with Gasteiger partial charge in [-0.25, -0.2) is 4.98 Å². The van der Waals surface area contributed by atoms with Gasteiger partial charge in [-0.15, -0.1) is 11.3 Å². The van der Waals surface area contributed by atoms with E-state index in [1.54, 1.807) is 11.3 Å². The van der Waals surface area contributed by atoms with Gasteiger partial charge < -0.3 is 15.5 Å². The normalized spacial score (nSPS) is 11.3. The lowest BCUT2D eigenvalue weighted by molar-refractivity contribution is -0.120. The first kappa shape index (κ1) is 15.8. The summed E-state index contributed by atoms with van der Waals surface area (Å²) in [4.78, 5) is 19.4. The molecule has 6 nitrogen and oxygen atoms in total. The average molecular weight is 309 g/mol. The molecule has 0 aromatic carbocycles. The van der Waals surface area contributed by atoms with Crippen LogP contribution >= 0.6 is 11.3 Å². The largest absolute Gasteiger partial charge is 0.352 e. The van der Waals surface area contributed by atoms with Gasteiger partial charge in [-0.1, -0.05) is 6.92 Å². The van der Waals surface area contributed by atoms with Crippen molar-refractivity contribution in [2.45, 2.75) is 33.4 Å². The summed E-state index contributed by atoms with van der Waals surface area (Å²) in [5.41, 5.74) is 1.09. The van der Waals surface area contributed by atoms with Gasteiger partial charge in [0.05, 0.1) is 12.2 Å². The highest BCUT2D eigenvalue weighted by Crippen LogP contribution is 2.23. The number of thiazole rings is 1. The maximum atomic E-state index is 11.9. The van der Waals surface area contributed by atoms with Crippen molar-refractivity contribution in [1.29, 1.82) is 0 Å². The van der Waals surface area contributed by atoms with Gasteiger partial charge in [0.1, 0.15) is 0 Å². The number of carbonyl (C=O) groups is 1. The number of hydrogen-bond acceptors (Lipinski definition) is 5. The smallest absolute Gasteiger partial charge is 0.239 e. The Balaban J connectivity index is 2.19. The Morgan fingerprint density at radius 3 is 2.95 bits per heavy atom. The van der Waals surface area contributed by atoms with Crippen LogP contribution in [0.1, 0.15) is 26.5 Å². The van der Waals surface area contributed by atoms with Crippen LogP contribution in [-0.4, -0.2) is 41.5 Å². The van der Waals surface area contributed by atoms with Gasteiger partial charge in [-0.3, -0.25) is 9.20 Å². The van der Waals surface area contributed by atoms with Crippen LogP contribution in [0.5, 0.6) is 0 Å². The van der Waals surface area contributed by atoms with E-state index >= 15 is 0 Å². The summed E-state index contributed by atoms with van der Waals surface area (Å²) in [5.74, 6) is 0.875. The summed E-state index contributed by atoms with van der Waals surface area (Å²) in [5, 5.41) is 8.26. The van der Waals surface area contributed by atoms with Crippen LogP contribution in [0.4, 0.5) is 5.82 Å². The van der Waals surface area contributed by atoms with Crippen LogP contribution in [0.25, 0.3) is 4.96 Å². The maximum Gasteiger partial charge on any atom is 0.239 e. The molecule has 2 aromatic rings. The SMILES string of the molecule is CCNCc1c(N(C)CC(=O)NC(C)C)nc2sccn12. The molecule has 0 unspecified atom stereocenters. The minimum absolute atomic E-state index is 0.0123. The standard InChI is InChI=1S/C14H23N5OS/c1-5-15-8-11-13(17-14-19(11)6-7-21-14)18(4)9-12(20)16-10(2)3/h6-7,10,15H,5,8-9H2,1-4H3,(H,16,20). The highest BCUT2D eigenvalue weighted by Gasteiger charge is 2.18. The third kappa shape index (κ3) is 3.74. The highest BCUT2D eigenvalue weighted by atomic mass is 32.1. The Kier molecular flexibility index (Phi) is 5.19. The second kappa shape index (κ2) is 6.91. The Morgan fingerprint density at radius 1 is 1.52 bits per heavy atom. The van der Waals surface area contributed by atoms with Crippen LogP contribution in [0.3, 0.4) is 0 Å². The average Bonchev–Trinajstić information content (AvgIpc) is 2.95. The van der Waals surface area contributed by atoms with Crippen molar-refractivity contribution >= 4 is 28.0 Å². The van der Waals surface area contributed by atoms with Crippen molar-refractivity contribution in [3.63, 3.8) is 0 Å². The van der Waals surface area contributed by atoms with Crippen LogP contribution in [0.15, 0.2) is 11.6 Å². The predicted molar refractivity (Wildman–Crippen MR) is 87.0 cm³/mol. The fourth-order valence-electron chi connectivity index (χ4n) is 2.19. The first-order chi connectivity index (χ1) is 10.0. The topological polar surface area (TPSA) is 61.7 Å². The molecule has 21 heavy (non-hydrogen) atoms. The first-order valence-electron chi connectivity index (χ1n) is 7.18. The summed E-state index contributed by atoms with van der Waals surface area (Å²) in [6.07, 6.45) is 2.02. The lowest BCUT2D eigenvalue weighted by atomic mass is 10.3. The summed E-state index contributed by atoms with van der Waals surface area (Å²) in [7, 11) is 1.90. The minimum Gasteiger partial charge on any atom is -0.352 e. The number of carbonyl (C=O) groups excluding carboxylic acids is 1. The van der Waals surface area contributed by atoms with Gasteiger partial charge in [0, 0.05) is 31.2 Å². The molecule has 0 fully saturated rings. The Hall–Kier alpha value is -1.60. The number of nitrogens with one attached hydrogen (secondary N) is 2. The molecule has 0 aliphatic carbocycles. The van der Waals surface area contributed by atoms with Gasteiger partial charge in [0.25, 0.3) is 0 Å². The number of anilines is 1. The molecule has 1 amide bonds. The van der Waals surface area contributed by atoms with Crippen molar-refractivity contribution in [3.8, 4) is 0 Å². The molecule has 116 valence electrons. The predicted octanol–water partition coefficient (Wildman–Crippen LogP) is 1.47. The second-order valence-corrected chi connectivity index (χ2v) is 6.17. The zero-order valence-electron chi connectivity index (χ0n) is 13.0. The third-order valence-corrected chi connectivity index (χ3v) is 3.83. The highest BCUT2D eigenvalue weighted by molar-refractivity contribution is 7.15. The van der Waals surface area contributed by atoms with E-state index in [1.807, 2.05) is 37.4 Å². The number of fused-ring (bicyclic) bond motifs is 1. The Morgan fingerprint density at radius 2 is 2.29 bits per heavy atom. The molecule has 7 heteroatoms. The number of nitrogens with zero attached hydrogens (tertiary/aromatic N) is 3. The molecule has 0 aliphatic rings. The molecule has 0 saturated heterocycles. The van der Waals surface area contributed by atoms with Gasteiger partial charge in [0.15, 0.2) is 10.8 Å². The van der Waals surface area contributed by atoms with E-state index in [0.29, 0.717) is 6.54 Å². The minimum atomic E-state index is 0.0123. The molecule has 0 atom stereocenters. The first-order valence-corrected chi connectivity index (χ1v) is 8.06. The lowest BCUT2D eigenvalue weighted by Gasteiger charge is -2.19. The number of amides is 1. The quantitative estimate of drug-likeness (QED) is 0.813. The van der Waals surface area contributed by atoms with Crippen LogP contribution in [0.2, 0.25) is 0 Å². The number of hydrogen-bond donors (Lipinski definition) is 2. The Labute approximate surface area is 129 Å². The molecule has 2 rings (SSSR count). The zero-order chi connectivity index (χ0) is 15.4. The van der Waals surface area contributed by atoms with Crippen molar-refractivity contribution in [3.05, 3.63) is 17.3 Å². The third-order valence-electron chi connectivity index (χ3n) is 3.07. The molecular weight excluding hydrogens is 286 g/mol. The van der Waals surface area contributed by atoms with Crippen LogP contribution in [0, 0.1) is 0 Å². The summed E-state index contributed by atoms with van der Waals surface area (Å²) < 4.78 is 2.08. The summed E-state index contributed by atoms with van der Waals surface area (Å²) in [6, 6.07) is 0.151. The molecule has 0 saturated carbocycles. The van der Waals surface area contributed by atoms with E-state index < -0.39 is 0 Å². The molecule has 2 N–H and O–H groups in total. The van der Waals surface area contributed by atoms with E-state index in [4.69, 9.17) is 0 Å². The van der Waals surface area contributed by atoms with E-state index in [1.165, 1.54) is 0 Å². The van der Waals surface area contributed by atoms with E-state index in [0.717, 1.165) is 29.6 Å². The van der Waals surface area contributed by atoms with E-state index in [2.05, 4.69) is 26.9 Å². The lowest BCUT2D eigenvalue weighted by Crippen LogP contribution is -2.39. The van der Waals surface area contributed by atoms with Gasteiger partial charge in [-0.05, 0) is 20.4 Å². The number of imidazole rings is 1. The molecule has 0 radical (unpaired) electrons. The molecule has 0 bridgehead atoms. The van der Waals surface area contributed by atoms with Gasteiger partial charge in [-0.2, -0.15) is 0 Å². The number of aromatic nitrogens is 2. The molecule has 2 heterocycles. The van der Waals surface area contributed by atoms with Crippen molar-refractivity contribution in [2.75, 3.05) is 25.0 Å². The monoisotopic (exact) mass is 309 g/mol. The van der Waals surface area contributed by atoms with Crippen LogP contribution < -0.4 is 15.5 Å². The van der Waals surface area contributed by atoms with Crippen molar-refractivity contribution in [2.24, 2.45) is 0 Å². The van der Waals surface area contributed by atoms with E-state index in [-0.39, 0.29) is 11.9 Å². The number of rotatable bonds is 7. The number of likely N-dealkylation sites (N-methyl/N-ethyl adjacent to an activating group) is 1. The van der Waals surface area contributed by atoms with Crippen molar-refractivity contribution in [1.82, 2.24) is 20.0 Å². The Bertz CT molecular complexity index is 604. The molecule has 0 aliphatic heterocycles. The molecule has 2 aromatic heterocycles. The fourth-order valence-corrected chi connectivity index (χ4v) is 2.92. The maximum absolute atomic E-state index is 11.9. The molecular formula is C14H23N5OS. The van der Waals surface area contributed by atoms with Gasteiger partial charge in [0.2, 0.25) is 5.91 Å². The fraction of sp³-hybridized carbons (Fsp3) is 0.571. The van der Waals surface area contributed by atoms with E-state index in [9.17, 15) is 4.79 Å². The summed E-state index contributed by atoms with van der Waals surface area (Å²) in [6.45, 7) is 7.93. The van der Waals surface area contributed by atoms with Gasteiger partial charge >= 0.3 is 0 Å². The second-order valence-electron chi connectivity index (χ2n) is 5.30. The summed E-state index contributed by atoms with van der Waals surface area (Å²) >= 11 is 1.60. The molecule has 0 spiro atoms.